The van der Waals surface area contributed by atoms with Gasteiger partial charge in [0.05, 0.1) is 19.1 Å². The van der Waals surface area contributed by atoms with Crippen molar-refractivity contribution in [1.29, 1.82) is 0 Å². The molecule has 2 rings (SSSR count). The van der Waals surface area contributed by atoms with E-state index >= 15 is 0 Å². The van der Waals surface area contributed by atoms with Crippen LogP contribution in [0.1, 0.15) is 27.0 Å². The van der Waals surface area contributed by atoms with Crippen molar-refractivity contribution >= 4 is 56.8 Å². The van der Waals surface area contributed by atoms with Gasteiger partial charge in [-0.05, 0) is 41.0 Å². The van der Waals surface area contributed by atoms with Crippen molar-refractivity contribution in [3.8, 4) is 0 Å². The molecule has 2 aromatic rings. The number of hydrogen-bond acceptors (Lipinski definition) is 5. The number of carbonyl (C=O) groups excluding carboxylic acids is 1. The zero-order chi connectivity index (χ0) is 24.2. The van der Waals surface area contributed by atoms with Crippen LogP contribution in [0.3, 0.4) is 0 Å². The van der Waals surface area contributed by atoms with Gasteiger partial charge >= 0.3 is 12.4 Å². The second-order valence-corrected chi connectivity index (χ2v) is 7.36. The number of hydrogen-bond donors (Lipinski definition) is 3. The molecule has 2 aromatic carbocycles. The molecule has 0 fully saturated rings. The van der Waals surface area contributed by atoms with Gasteiger partial charge in [-0.2, -0.15) is 26.3 Å². The molecule has 4 N–H and O–H groups in total. The van der Waals surface area contributed by atoms with Crippen LogP contribution in [-0.2, 0) is 12.8 Å². The minimum atomic E-state index is -4.26. The number of nitrogens with two attached hydrogens (primary N) is 1. The smallest absolute Gasteiger partial charge is 0.393 e. The van der Waals surface area contributed by atoms with Crippen LogP contribution in [0.25, 0.3) is 0 Å². The Morgan fingerprint density at radius 1 is 0.844 bits per heavy atom. The van der Waals surface area contributed by atoms with Gasteiger partial charge in [-0.15, -0.1) is 12.4 Å². The highest BCUT2D eigenvalue weighted by Crippen LogP contribution is 2.27. The van der Waals surface area contributed by atoms with Crippen molar-refractivity contribution in [2.75, 3.05) is 0 Å². The SMILES string of the molecule is Cl.NO.O/N=C/c1ccc(Br)c(CC(F)(F)F)c1.O=Cc1ccc(Br)c(CC(F)(F)F)c1. The molecule has 0 radical (unpaired) electrons. The maximum absolute atomic E-state index is 12.1. The molecule has 0 aliphatic heterocycles. The Morgan fingerprint density at radius 3 is 1.56 bits per heavy atom. The van der Waals surface area contributed by atoms with Gasteiger partial charge in [0.1, 0.15) is 6.29 Å². The molecular weight excluding hydrogens is 601 g/mol. The second kappa shape index (κ2) is 15.2. The van der Waals surface area contributed by atoms with E-state index in [1.807, 2.05) is 0 Å². The van der Waals surface area contributed by atoms with E-state index in [-0.39, 0.29) is 29.1 Å². The maximum Gasteiger partial charge on any atom is 0.393 e. The molecule has 0 heterocycles. The summed E-state index contributed by atoms with van der Waals surface area (Å²) in [6.07, 6.45) is -8.96. The van der Waals surface area contributed by atoms with Gasteiger partial charge in [-0.25, -0.2) is 5.90 Å². The summed E-state index contributed by atoms with van der Waals surface area (Å²) < 4.78 is 73.3. The number of aldehydes is 1. The normalized spacial score (nSPS) is 10.9. The molecule has 0 aromatic heterocycles. The second-order valence-electron chi connectivity index (χ2n) is 5.65. The van der Waals surface area contributed by atoms with Crippen LogP contribution in [-0.4, -0.2) is 35.3 Å². The van der Waals surface area contributed by atoms with Crippen LogP contribution in [0, 0.1) is 0 Å². The highest BCUT2D eigenvalue weighted by Gasteiger charge is 2.29. The zero-order valence-corrected chi connectivity index (χ0v) is 19.8. The fourth-order valence-corrected chi connectivity index (χ4v) is 2.89. The van der Waals surface area contributed by atoms with Gasteiger partial charge < -0.3 is 10.4 Å². The molecule has 0 saturated heterocycles. The molecule has 14 heteroatoms. The van der Waals surface area contributed by atoms with Crippen molar-refractivity contribution in [3.05, 3.63) is 67.6 Å². The van der Waals surface area contributed by atoms with Crippen LogP contribution >= 0.6 is 44.3 Å². The van der Waals surface area contributed by atoms with Gasteiger partial charge in [-0.3, -0.25) is 4.79 Å². The lowest BCUT2D eigenvalue weighted by molar-refractivity contribution is -0.128. The Hall–Kier alpha value is -1.67. The highest BCUT2D eigenvalue weighted by atomic mass is 79.9. The molecule has 0 unspecified atom stereocenters. The largest absolute Gasteiger partial charge is 0.411 e. The maximum atomic E-state index is 12.1. The minimum Gasteiger partial charge on any atom is -0.411 e. The fourth-order valence-electron chi connectivity index (χ4n) is 2.11. The quantitative estimate of drug-likeness (QED) is 0.120. The van der Waals surface area contributed by atoms with Crippen LogP contribution in [0.15, 0.2) is 50.5 Å². The Labute approximate surface area is 201 Å². The van der Waals surface area contributed by atoms with E-state index in [0.717, 1.165) is 6.21 Å². The summed E-state index contributed by atoms with van der Waals surface area (Å²) in [4.78, 5) is 10.3. The van der Waals surface area contributed by atoms with Crippen LogP contribution in [0.4, 0.5) is 26.3 Å². The zero-order valence-electron chi connectivity index (χ0n) is 15.8. The third-order valence-electron chi connectivity index (χ3n) is 3.26. The third kappa shape index (κ3) is 13.7. The average molecular weight is 619 g/mol. The summed E-state index contributed by atoms with van der Waals surface area (Å²) in [5.74, 6) is 3.50. The van der Waals surface area contributed by atoms with Crippen molar-refractivity contribution in [3.63, 3.8) is 0 Å². The van der Waals surface area contributed by atoms with Crippen molar-refractivity contribution in [2.45, 2.75) is 25.2 Å². The van der Waals surface area contributed by atoms with Gasteiger partial charge in [0, 0.05) is 14.5 Å². The molecule has 0 aliphatic rings. The van der Waals surface area contributed by atoms with E-state index in [1.165, 1.54) is 30.3 Å². The summed E-state index contributed by atoms with van der Waals surface area (Å²) in [6, 6.07) is 8.46. The van der Waals surface area contributed by atoms with E-state index in [0.29, 0.717) is 20.8 Å². The van der Waals surface area contributed by atoms with Crippen molar-refractivity contribution < 1.29 is 41.6 Å². The summed E-state index contributed by atoms with van der Waals surface area (Å²) in [5, 5.41) is 17.5. The van der Waals surface area contributed by atoms with E-state index in [2.05, 4.69) is 42.9 Å². The number of rotatable bonds is 4. The number of alkyl halides is 6. The number of halogens is 9. The average Bonchev–Trinajstić information content (AvgIpc) is 2.66. The Kier molecular flexibility index (Phi) is 15.5. The summed E-state index contributed by atoms with van der Waals surface area (Å²) in [5.41, 5.74) is 0.842. The molecule has 0 saturated carbocycles. The first-order valence-electron chi connectivity index (χ1n) is 7.93. The Morgan fingerprint density at radius 2 is 1.22 bits per heavy atom. The fraction of sp³-hybridized carbons (Fsp3) is 0.222. The van der Waals surface area contributed by atoms with Crippen LogP contribution in [0.2, 0.25) is 0 Å². The molecule has 0 amide bonds. The van der Waals surface area contributed by atoms with Crippen LogP contribution in [0.5, 0.6) is 0 Å². The van der Waals surface area contributed by atoms with Gasteiger partial charge in [0.25, 0.3) is 0 Å². The summed E-state index contributed by atoms with van der Waals surface area (Å²) in [7, 11) is 0. The topological polar surface area (TPSA) is 95.9 Å². The number of nitrogens with zero attached hydrogens (tertiary/aromatic N) is 1. The minimum absolute atomic E-state index is 0. The highest BCUT2D eigenvalue weighted by molar-refractivity contribution is 9.10. The lowest BCUT2D eigenvalue weighted by Crippen LogP contribution is -2.12. The predicted molar refractivity (Wildman–Crippen MR) is 116 cm³/mol. The van der Waals surface area contributed by atoms with Crippen molar-refractivity contribution in [2.24, 2.45) is 11.1 Å². The summed E-state index contributed by atoms with van der Waals surface area (Å²) in [6.45, 7) is 0. The molecule has 0 aliphatic carbocycles. The lowest BCUT2D eigenvalue weighted by Gasteiger charge is -2.08. The number of oxime groups is 1. The summed E-state index contributed by atoms with van der Waals surface area (Å²) >= 11 is 6.02. The lowest BCUT2D eigenvalue weighted by atomic mass is 10.1. The van der Waals surface area contributed by atoms with E-state index in [4.69, 9.17) is 10.4 Å². The van der Waals surface area contributed by atoms with E-state index < -0.39 is 25.2 Å². The van der Waals surface area contributed by atoms with Gasteiger partial charge in [0.15, 0.2) is 0 Å². The number of carbonyl (C=O) groups is 1. The first kappa shape index (κ1) is 32.5. The first-order valence-corrected chi connectivity index (χ1v) is 9.52. The van der Waals surface area contributed by atoms with Gasteiger partial charge in [-0.1, -0.05) is 49.1 Å². The molecule has 32 heavy (non-hydrogen) atoms. The molecule has 0 spiro atoms. The van der Waals surface area contributed by atoms with Gasteiger partial charge in [0.2, 0.25) is 0 Å². The predicted octanol–water partition coefficient (Wildman–Crippen LogP) is 6.48. The monoisotopic (exact) mass is 616 g/mol. The first-order chi connectivity index (χ1) is 14.3. The Bertz CT molecular complexity index is 881. The van der Waals surface area contributed by atoms with Crippen molar-refractivity contribution in [1.82, 2.24) is 0 Å². The Balaban J connectivity index is 0. The molecule has 0 atom stereocenters. The third-order valence-corrected chi connectivity index (χ3v) is 4.81. The van der Waals surface area contributed by atoms with E-state index in [9.17, 15) is 31.1 Å². The number of benzene rings is 2. The molecule has 5 nitrogen and oxygen atoms in total. The molecule has 0 bridgehead atoms. The molecule has 180 valence electrons. The van der Waals surface area contributed by atoms with E-state index in [1.54, 1.807) is 6.07 Å². The van der Waals surface area contributed by atoms with Crippen LogP contribution < -0.4 is 5.90 Å². The molecular formula is C18H17Br2ClF6N2O3. The standard InChI is InChI=1S/C9H7BrF3NO.C9H6BrF3O.ClH.H3NO/c10-8-2-1-6(5-14-15)3-7(8)4-9(11,12)13;10-8-2-1-6(5-14)3-7(8)4-9(11,12)13;;1-2/h1-3,5,15H,4H2;1-3,5H,4H2;1H;2H,1H2/b14-5+;;;.